The Labute approximate surface area is 201 Å². The van der Waals surface area contributed by atoms with E-state index in [-0.39, 0.29) is 65.4 Å². The molecule has 2 heterocycles. The van der Waals surface area contributed by atoms with Gasteiger partial charge in [-0.25, -0.2) is 4.79 Å². The lowest BCUT2D eigenvalue weighted by atomic mass is 9.43. The molecule has 0 aromatic rings. The maximum atomic E-state index is 14.0. The van der Waals surface area contributed by atoms with Crippen molar-refractivity contribution in [1.29, 1.82) is 0 Å². The molecular formula is C28H36O6. The Morgan fingerprint density at radius 1 is 1.09 bits per heavy atom. The highest BCUT2D eigenvalue weighted by molar-refractivity contribution is 5.98. The van der Waals surface area contributed by atoms with Crippen LogP contribution < -0.4 is 0 Å². The second-order valence-electron chi connectivity index (χ2n) is 12.4. The number of aliphatic hydroxyl groups is 1. The smallest absolute Gasteiger partial charge is 0.333 e. The van der Waals surface area contributed by atoms with Gasteiger partial charge in [0.05, 0.1) is 11.5 Å². The first-order chi connectivity index (χ1) is 16.0. The quantitative estimate of drug-likeness (QED) is 0.492. The third kappa shape index (κ3) is 2.52. The van der Waals surface area contributed by atoms with E-state index >= 15 is 0 Å². The van der Waals surface area contributed by atoms with E-state index in [1.54, 1.807) is 12.2 Å². The van der Waals surface area contributed by atoms with Gasteiger partial charge in [-0.05, 0) is 75.7 Å². The Balaban J connectivity index is 1.34. The molecule has 0 amide bonds. The van der Waals surface area contributed by atoms with Gasteiger partial charge in [-0.1, -0.05) is 25.5 Å². The third-order valence-electron chi connectivity index (χ3n) is 11.4. The molecule has 1 N–H and O–H groups in total. The van der Waals surface area contributed by atoms with E-state index in [2.05, 4.69) is 13.8 Å². The van der Waals surface area contributed by atoms with Crippen molar-refractivity contribution in [3.05, 3.63) is 23.3 Å². The molecule has 0 bridgehead atoms. The fraction of sp³-hybridized carbons (Fsp3) is 0.750. The molecule has 0 spiro atoms. The van der Waals surface area contributed by atoms with Crippen molar-refractivity contribution in [2.45, 2.75) is 90.6 Å². The molecule has 6 aliphatic rings. The van der Waals surface area contributed by atoms with Crippen LogP contribution in [0.3, 0.4) is 0 Å². The molecule has 0 unspecified atom stereocenters. The predicted molar refractivity (Wildman–Crippen MR) is 123 cm³/mol. The molecule has 6 nitrogen and oxygen atoms in total. The summed E-state index contributed by atoms with van der Waals surface area (Å²) < 4.78 is 12.0. The summed E-state index contributed by atoms with van der Waals surface area (Å²) in [7, 11) is 0. The fourth-order valence-electron chi connectivity index (χ4n) is 9.04. The number of Topliss-reactive ketones (excluding diaryl/α,β-unsaturated/α-hetero) is 1. The highest BCUT2D eigenvalue weighted by Crippen LogP contribution is 2.71. The van der Waals surface area contributed by atoms with Crippen LogP contribution >= 0.6 is 0 Å². The van der Waals surface area contributed by atoms with Crippen LogP contribution in [0.1, 0.15) is 66.7 Å². The van der Waals surface area contributed by atoms with Gasteiger partial charge in [0.1, 0.15) is 23.6 Å². The number of rotatable bonds is 2. The predicted octanol–water partition coefficient (Wildman–Crippen LogP) is 3.56. The Morgan fingerprint density at radius 3 is 2.53 bits per heavy atom. The zero-order valence-corrected chi connectivity index (χ0v) is 20.8. The van der Waals surface area contributed by atoms with Crippen molar-refractivity contribution in [1.82, 2.24) is 0 Å². The second kappa shape index (κ2) is 6.91. The first kappa shape index (κ1) is 22.7. The third-order valence-corrected chi connectivity index (χ3v) is 11.4. The number of carbonyl (C=O) groups excluding carboxylic acids is 3. The van der Waals surface area contributed by atoms with Crippen molar-refractivity contribution in [3.8, 4) is 0 Å². The normalized spacial score (nSPS) is 52.4. The summed E-state index contributed by atoms with van der Waals surface area (Å²) in [5, 5.41) is 11.7. The van der Waals surface area contributed by atoms with Gasteiger partial charge in [0, 0.05) is 23.8 Å². The van der Waals surface area contributed by atoms with Gasteiger partial charge in [0.2, 0.25) is 0 Å². The van der Waals surface area contributed by atoms with Crippen molar-refractivity contribution >= 4 is 17.5 Å². The van der Waals surface area contributed by atoms with E-state index in [0.29, 0.717) is 18.4 Å². The average Bonchev–Trinajstić information content (AvgIpc) is 3.51. The number of carbonyl (C=O) groups is 3. The molecule has 1 saturated heterocycles. The Morgan fingerprint density at radius 2 is 1.82 bits per heavy atom. The Bertz CT molecular complexity index is 1060. The van der Waals surface area contributed by atoms with Crippen LogP contribution in [-0.2, 0) is 23.9 Å². The van der Waals surface area contributed by atoms with E-state index in [1.165, 1.54) is 0 Å². The summed E-state index contributed by atoms with van der Waals surface area (Å²) in [5.74, 6) is 0.0467. The van der Waals surface area contributed by atoms with Gasteiger partial charge in [-0.15, -0.1) is 0 Å². The molecule has 0 aromatic heterocycles. The van der Waals surface area contributed by atoms with Gasteiger partial charge in [-0.3, -0.25) is 9.59 Å². The highest BCUT2D eigenvalue weighted by Gasteiger charge is 2.78. The molecule has 6 heteroatoms. The summed E-state index contributed by atoms with van der Waals surface area (Å²) in [6.45, 7) is 9.94. The number of esters is 1. The fourth-order valence-corrected chi connectivity index (χ4v) is 9.04. The van der Waals surface area contributed by atoms with E-state index in [4.69, 9.17) is 9.47 Å². The minimum absolute atomic E-state index is 0.0637. The number of fused-ring (bicyclic) bond motifs is 8. The minimum Gasteiger partial charge on any atom is -0.458 e. The maximum absolute atomic E-state index is 14.0. The number of cyclic esters (lactones) is 1. The van der Waals surface area contributed by atoms with Gasteiger partial charge in [0.25, 0.3) is 0 Å². The topological polar surface area (TPSA) is 93.2 Å². The molecule has 11 atom stereocenters. The monoisotopic (exact) mass is 468 g/mol. The van der Waals surface area contributed by atoms with Crippen LogP contribution in [0.25, 0.3) is 0 Å². The van der Waals surface area contributed by atoms with E-state index in [9.17, 15) is 19.5 Å². The average molecular weight is 469 g/mol. The summed E-state index contributed by atoms with van der Waals surface area (Å²) in [6, 6.07) is 0. The standard InChI is InChI=1S/C28H36O6/c1-13-11-19(33-25(31)14(13)2)15(3)16-8-9-17-22-18(12-21(30)26(16,17)4)27(5)20(29)7-6-10-28(27,32)24-23(22)34-24/h6-7,15-19,22-24,32H,8-12H2,1-5H3/t15-,16+,17-,18-,19+,22-,23-,24-,26+,27-,28-/m0/s1. The van der Waals surface area contributed by atoms with Crippen LogP contribution in [0.15, 0.2) is 23.3 Å². The Kier molecular flexibility index (Phi) is 4.60. The molecule has 34 heavy (non-hydrogen) atoms. The zero-order chi connectivity index (χ0) is 24.4. The number of hydrogen-bond acceptors (Lipinski definition) is 6. The molecule has 6 rings (SSSR count). The Hall–Kier alpha value is -1.79. The molecule has 2 aliphatic heterocycles. The number of hydrogen-bond donors (Lipinski definition) is 1. The highest BCUT2D eigenvalue weighted by atomic mass is 16.6. The van der Waals surface area contributed by atoms with Crippen molar-refractivity contribution < 1.29 is 29.0 Å². The molecular weight excluding hydrogens is 432 g/mol. The summed E-state index contributed by atoms with van der Waals surface area (Å²) in [5.41, 5.74) is -1.00. The van der Waals surface area contributed by atoms with Crippen molar-refractivity contribution in [2.75, 3.05) is 0 Å². The van der Waals surface area contributed by atoms with Gasteiger partial charge in [0.15, 0.2) is 5.78 Å². The first-order valence-electron chi connectivity index (χ1n) is 13.0. The molecule has 4 aliphatic carbocycles. The van der Waals surface area contributed by atoms with Gasteiger partial charge >= 0.3 is 5.97 Å². The first-order valence-corrected chi connectivity index (χ1v) is 13.0. The molecule has 0 aromatic carbocycles. The number of allylic oxidation sites excluding steroid dienone is 1. The zero-order valence-electron chi connectivity index (χ0n) is 20.8. The maximum Gasteiger partial charge on any atom is 0.333 e. The van der Waals surface area contributed by atoms with Crippen LogP contribution in [0.5, 0.6) is 0 Å². The van der Waals surface area contributed by atoms with E-state index < -0.39 is 16.4 Å². The van der Waals surface area contributed by atoms with Gasteiger partial charge < -0.3 is 14.6 Å². The lowest BCUT2D eigenvalue weighted by molar-refractivity contribution is -0.184. The molecule has 4 fully saturated rings. The summed E-state index contributed by atoms with van der Waals surface area (Å²) in [4.78, 5) is 39.7. The van der Waals surface area contributed by atoms with E-state index in [0.717, 1.165) is 24.8 Å². The lowest BCUT2D eigenvalue weighted by Crippen LogP contribution is -2.68. The van der Waals surface area contributed by atoms with Crippen molar-refractivity contribution in [2.24, 2.45) is 40.4 Å². The largest absolute Gasteiger partial charge is 0.458 e. The van der Waals surface area contributed by atoms with E-state index in [1.807, 2.05) is 20.8 Å². The van der Waals surface area contributed by atoms with Crippen LogP contribution in [0.4, 0.5) is 0 Å². The van der Waals surface area contributed by atoms with Crippen LogP contribution in [0.2, 0.25) is 0 Å². The summed E-state index contributed by atoms with van der Waals surface area (Å²) in [6.07, 6.45) is 5.93. The van der Waals surface area contributed by atoms with Crippen LogP contribution in [-0.4, -0.2) is 46.6 Å². The minimum atomic E-state index is -1.23. The van der Waals surface area contributed by atoms with Crippen molar-refractivity contribution in [3.63, 3.8) is 0 Å². The molecule has 0 radical (unpaired) electrons. The number of ketones is 2. The van der Waals surface area contributed by atoms with Crippen LogP contribution in [0, 0.1) is 40.4 Å². The van der Waals surface area contributed by atoms with Gasteiger partial charge in [-0.2, -0.15) is 0 Å². The number of epoxide rings is 1. The number of ether oxygens (including phenoxy) is 2. The SMILES string of the molecule is CC1=C(C)C(=O)O[C@@H]([C@@H](C)[C@H]2CC[C@H]3[C@@H]4[C@@H]5O[C@@H]5[C@@]5(O)CC=CC(=O)[C@]5(C)[C@H]4CC(=O)[C@]23C)C1. The lowest BCUT2D eigenvalue weighted by Gasteiger charge is -2.59. The molecule has 184 valence electrons. The second-order valence-corrected chi connectivity index (χ2v) is 12.4. The molecule has 3 saturated carbocycles. The summed E-state index contributed by atoms with van der Waals surface area (Å²) >= 11 is 0.